The van der Waals surface area contributed by atoms with Crippen LogP contribution in [0.3, 0.4) is 0 Å². The van der Waals surface area contributed by atoms with Gasteiger partial charge in [0.2, 0.25) is 0 Å². The molecule has 0 heterocycles. The fraction of sp³-hybridized carbons (Fsp3) is 0.778. The van der Waals surface area contributed by atoms with Crippen molar-refractivity contribution < 1.29 is 0 Å². The van der Waals surface area contributed by atoms with Crippen LogP contribution in [0, 0.1) is 0 Å². The van der Waals surface area contributed by atoms with Gasteiger partial charge >= 0.3 is 0 Å². The summed E-state index contributed by atoms with van der Waals surface area (Å²) in [5.74, 6) is 0. The third-order valence-electron chi connectivity index (χ3n) is 2.26. The Bertz CT molecular complexity index is 93.8. The summed E-state index contributed by atoms with van der Waals surface area (Å²) in [7, 11) is 2.10. The highest BCUT2D eigenvalue weighted by Gasteiger charge is 1.90. The van der Waals surface area contributed by atoms with Crippen molar-refractivity contribution in [3.8, 4) is 0 Å². The van der Waals surface area contributed by atoms with Gasteiger partial charge in [-0.15, -0.1) is 6.58 Å². The quantitative estimate of drug-likeness (QED) is 0.303. The highest BCUT2D eigenvalue weighted by molar-refractivity contribution is 6.37. The van der Waals surface area contributed by atoms with Gasteiger partial charge in [-0.3, -0.25) is 0 Å². The summed E-state index contributed by atoms with van der Waals surface area (Å²) in [6, 6.07) is 7.75. The number of allylic oxidation sites excluding steroid dienone is 1. The van der Waals surface area contributed by atoms with Crippen molar-refractivity contribution in [2.75, 3.05) is 0 Å². The SMILES string of the molecule is C=CC[SiH2]CCC[SiH2]CCC[SiH3]. The molecule has 0 fully saturated rings. The van der Waals surface area contributed by atoms with E-state index in [1.165, 1.54) is 22.3 Å². The molecule has 0 unspecified atom stereocenters. The van der Waals surface area contributed by atoms with Gasteiger partial charge in [-0.2, -0.15) is 0 Å². The van der Waals surface area contributed by atoms with Crippen LogP contribution >= 0.6 is 0 Å². The summed E-state index contributed by atoms with van der Waals surface area (Å²) in [4.78, 5) is 0. The summed E-state index contributed by atoms with van der Waals surface area (Å²) in [6.07, 6.45) is 5.22. The van der Waals surface area contributed by atoms with Gasteiger partial charge < -0.3 is 0 Å². The Morgan fingerprint density at radius 2 is 1.75 bits per heavy atom. The first-order chi connectivity index (χ1) is 5.91. The van der Waals surface area contributed by atoms with E-state index in [4.69, 9.17) is 0 Å². The largest absolute Gasteiger partial charge is 0.103 e. The van der Waals surface area contributed by atoms with Crippen LogP contribution in [0.1, 0.15) is 12.8 Å². The zero-order valence-electron chi connectivity index (χ0n) is 8.65. The van der Waals surface area contributed by atoms with Gasteiger partial charge in [0.15, 0.2) is 0 Å². The molecule has 0 aromatic rings. The Labute approximate surface area is 85.3 Å². The van der Waals surface area contributed by atoms with Crippen molar-refractivity contribution in [3.05, 3.63) is 12.7 Å². The maximum atomic E-state index is 3.77. The molecule has 0 nitrogen and oxygen atoms in total. The normalized spacial score (nSPS) is 12.3. The van der Waals surface area contributed by atoms with Crippen LogP contribution in [0.25, 0.3) is 0 Å². The molecule has 3 heteroatoms. The van der Waals surface area contributed by atoms with E-state index in [1.54, 1.807) is 31.0 Å². The Morgan fingerprint density at radius 3 is 2.42 bits per heavy atom. The summed E-state index contributed by atoms with van der Waals surface area (Å²) in [5, 5.41) is 0. The molecule has 0 aliphatic carbocycles. The zero-order chi connectivity index (χ0) is 9.07. The smallest absolute Gasteiger partial charge is 0.0239 e. The average Bonchev–Trinajstić information content (AvgIpc) is 2.10. The fourth-order valence-corrected chi connectivity index (χ4v) is 6.83. The standard InChI is InChI=1S/C9H24Si3/c1-2-6-11-8-4-9-12-7-3-5-10/h2H,1,3-9,11-12H2,10H3. The van der Waals surface area contributed by atoms with Crippen molar-refractivity contribution in [3.63, 3.8) is 0 Å². The van der Waals surface area contributed by atoms with Gasteiger partial charge in [0.1, 0.15) is 0 Å². The van der Waals surface area contributed by atoms with E-state index in [0.29, 0.717) is 9.52 Å². The van der Waals surface area contributed by atoms with Crippen molar-refractivity contribution in [1.29, 1.82) is 0 Å². The van der Waals surface area contributed by atoms with Crippen LogP contribution in [-0.4, -0.2) is 29.3 Å². The van der Waals surface area contributed by atoms with Gasteiger partial charge in [-0.1, -0.05) is 43.1 Å². The highest BCUT2D eigenvalue weighted by Crippen LogP contribution is 2.01. The highest BCUT2D eigenvalue weighted by atomic mass is 28.2. The second-order valence-corrected chi connectivity index (χ2v) is 8.67. The Balaban J connectivity index is 2.77. The first kappa shape index (κ1) is 12.4. The van der Waals surface area contributed by atoms with Gasteiger partial charge in [0, 0.05) is 29.3 Å². The van der Waals surface area contributed by atoms with E-state index in [2.05, 4.69) is 12.7 Å². The first-order valence-corrected chi connectivity index (χ1v) is 10.9. The van der Waals surface area contributed by atoms with Gasteiger partial charge in [-0.25, -0.2) is 0 Å². The molecule has 0 saturated carbocycles. The number of hydrogen-bond donors (Lipinski definition) is 0. The van der Waals surface area contributed by atoms with Crippen LogP contribution in [0.2, 0.25) is 30.2 Å². The number of rotatable bonds is 9. The molecule has 12 heavy (non-hydrogen) atoms. The molecule has 0 amide bonds. The van der Waals surface area contributed by atoms with Crippen molar-refractivity contribution >= 4 is 29.3 Å². The van der Waals surface area contributed by atoms with E-state index < -0.39 is 0 Å². The second kappa shape index (κ2) is 11.4. The Morgan fingerprint density at radius 1 is 1.08 bits per heavy atom. The van der Waals surface area contributed by atoms with E-state index in [0.717, 1.165) is 0 Å². The molecule has 0 bridgehead atoms. The molecule has 0 aromatic heterocycles. The maximum absolute atomic E-state index is 3.77. The average molecular weight is 217 g/mol. The van der Waals surface area contributed by atoms with Crippen LogP contribution in [-0.2, 0) is 0 Å². The zero-order valence-corrected chi connectivity index (χ0v) is 13.5. The third-order valence-corrected chi connectivity index (χ3v) is 6.79. The minimum atomic E-state index is 0.283. The minimum Gasteiger partial charge on any atom is -0.103 e. The van der Waals surface area contributed by atoms with Crippen molar-refractivity contribution in [1.82, 2.24) is 0 Å². The third kappa shape index (κ3) is 10.4. The molecule has 0 N–H and O–H groups in total. The molecule has 0 aliphatic heterocycles. The predicted molar refractivity (Wildman–Crippen MR) is 70.5 cm³/mol. The van der Waals surface area contributed by atoms with Gasteiger partial charge in [0.25, 0.3) is 0 Å². The molecular weight excluding hydrogens is 192 g/mol. The fourth-order valence-electron chi connectivity index (χ4n) is 1.42. The molecule has 0 aliphatic rings. The van der Waals surface area contributed by atoms with Gasteiger partial charge in [0.05, 0.1) is 0 Å². The molecule has 72 valence electrons. The molecule has 0 radical (unpaired) electrons. The van der Waals surface area contributed by atoms with E-state index in [9.17, 15) is 0 Å². The number of hydrogen-bond acceptors (Lipinski definition) is 0. The lowest BCUT2D eigenvalue weighted by Gasteiger charge is -1.98. The summed E-state index contributed by atoms with van der Waals surface area (Å²) < 4.78 is 0. The molecular formula is C9H24Si3. The Hall–Kier alpha value is 0.391. The lowest BCUT2D eigenvalue weighted by atomic mass is 10.6. The summed E-state index contributed by atoms with van der Waals surface area (Å²) >= 11 is 0. The van der Waals surface area contributed by atoms with E-state index in [-0.39, 0.29) is 9.52 Å². The van der Waals surface area contributed by atoms with Crippen molar-refractivity contribution in [2.24, 2.45) is 0 Å². The molecule has 0 aromatic carbocycles. The first-order valence-electron chi connectivity index (χ1n) is 5.52. The van der Waals surface area contributed by atoms with E-state index in [1.807, 2.05) is 0 Å². The van der Waals surface area contributed by atoms with Crippen LogP contribution in [0.4, 0.5) is 0 Å². The lowest BCUT2D eigenvalue weighted by molar-refractivity contribution is 1.02. The predicted octanol–water partition coefficient (Wildman–Crippen LogP) is 0.747. The molecule has 0 saturated heterocycles. The van der Waals surface area contributed by atoms with Crippen molar-refractivity contribution in [2.45, 2.75) is 43.1 Å². The summed E-state index contributed by atoms with van der Waals surface area (Å²) in [6.45, 7) is 3.77. The van der Waals surface area contributed by atoms with E-state index >= 15 is 0 Å². The molecule has 0 spiro atoms. The second-order valence-electron chi connectivity index (χ2n) is 3.55. The monoisotopic (exact) mass is 216 g/mol. The topological polar surface area (TPSA) is 0 Å². The van der Waals surface area contributed by atoms with Crippen LogP contribution in [0.5, 0.6) is 0 Å². The lowest BCUT2D eigenvalue weighted by Crippen LogP contribution is -1.92. The summed E-state index contributed by atoms with van der Waals surface area (Å²) in [5.41, 5.74) is 0. The maximum Gasteiger partial charge on any atom is 0.0239 e. The Kier molecular flexibility index (Phi) is 11.8. The molecule has 0 atom stereocenters. The van der Waals surface area contributed by atoms with Gasteiger partial charge in [-0.05, 0) is 6.04 Å². The minimum absolute atomic E-state index is 0.283. The van der Waals surface area contributed by atoms with Crippen LogP contribution < -0.4 is 0 Å². The van der Waals surface area contributed by atoms with Crippen LogP contribution in [0.15, 0.2) is 12.7 Å². The molecule has 0 rings (SSSR count).